The Morgan fingerprint density at radius 1 is 1.36 bits per heavy atom. The molecule has 0 spiro atoms. The molecule has 0 radical (unpaired) electrons. The van der Waals surface area contributed by atoms with E-state index in [2.05, 4.69) is 5.32 Å². The Labute approximate surface area is 141 Å². The minimum absolute atomic E-state index is 0.0421. The van der Waals surface area contributed by atoms with Crippen molar-refractivity contribution < 1.29 is 33.5 Å². The standard InChI is InChI=1S/C16H14N2O7/c1-7(20)23-12-4-9(6-19)3-11-13(12)15(22)16(24-8(2)21)14-10(17-14)5-18(11)25-16/h3-4,6,10,14,17H,5H2,1-2H3. The number of carbonyl (C=O) groups is 4. The summed E-state index contributed by atoms with van der Waals surface area (Å²) in [4.78, 5) is 53.0. The zero-order valence-corrected chi connectivity index (χ0v) is 13.4. The summed E-state index contributed by atoms with van der Waals surface area (Å²) in [6, 6.07) is 2.19. The first-order chi connectivity index (χ1) is 11.9. The maximum atomic E-state index is 13.2. The summed E-state index contributed by atoms with van der Waals surface area (Å²) in [6.45, 7) is 2.75. The van der Waals surface area contributed by atoms with Crippen molar-refractivity contribution in [1.29, 1.82) is 0 Å². The smallest absolute Gasteiger partial charge is 0.316 e. The van der Waals surface area contributed by atoms with Crippen LogP contribution in [0.5, 0.6) is 5.75 Å². The molecule has 25 heavy (non-hydrogen) atoms. The Balaban J connectivity index is 1.91. The van der Waals surface area contributed by atoms with Gasteiger partial charge in [-0.3, -0.25) is 24.5 Å². The van der Waals surface area contributed by atoms with Crippen LogP contribution in [0, 0.1) is 0 Å². The zero-order valence-electron chi connectivity index (χ0n) is 13.4. The first-order valence-electron chi connectivity index (χ1n) is 7.64. The van der Waals surface area contributed by atoms with Crippen molar-refractivity contribution in [3.8, 4) is 5.75 Å². The van der Waals surface area contributed by atoms with Gasteiger partial charge in [-0.15, -0.1) is 0 Å². The molecule has 0 amide bonds. The number of rotatable bonds is 3. The Hall–Kier alpha value is -2.78. The highest BCUT2D eigenvalue weighted by Crippen LogP contribution is 2.48. The fourth-order valence-corrected chi connectivity index (χ4v) is 3.34. The number of anilines is 1. The highest BCUT2D eigenvalue weighted by Gasteiger charge is 2.69. The number of hydroxylamine groups is 1. The molecule has 1 aromatic rings. The van der Waals surface area contributed by atoms with Crippen LogP contribution >= 0.6 is 0 Å². The molecule has 3 aliphatic rings. The quantitative estimate of drug-likeness (QED) is 0.348. The van der Waals surface area contributed by atoms with E-state index < -0.39 is 29.6 Å². The molecule has 0 aromatic heterocycles. The molecule has 4 rings (SSSR count). The highest BCUT2D eigenvalue weighted by atomic mass is 16.8. The SMILES string of the molecule is CC(=O)Oc1cc(C=O)cc2c1C(=O)C1(OC(C)=O)ON2CC2NC21. The monoisotopic (exact) mass is 346 g/mol. The van der Waals surface area contributed by atoms with Crippen LogP contribution in [0.4, 0.5) is 5.69 Å². The Morgan fingerprint density at radius 2 is 2.12 bits per heavy atom. The van der Waals surface area contributed by atoms with Crippen molar-refractivity contribution in [3.63, 3.8) is 0 Å². The van der Waals surface area contributed by atoms with Crippen LogP contribution in [0.25, 0.3) is 0 Å². The lowest BCUT2D eigenvalue weighted by atomic mass is 9.91. The molecule has 9 heteroatoms. The molecule has 2 bridgehead atoms. The second kappa shape index (κ2) is 5.11. The average Bonchev–Trinajstić information content (AvgIpc) is 3.31. The lowest BCUT2D eigenvalue weighted by Gasteiger charge is -2.44. The van der Waals surface area contributed by atoms with E-state index in [9.17, 15) is 19.2 Å². The molecule has 2 saturated heterocycles. The topological polar surface area (TPSA) is 121 Å². The van der Waals surface area contributed by atoms with Crippen LogP contribution in [-0.2, 0) is 19.2 Å². The number of esters is 2. The van der Waals surface area contributed by atoms with E-state index in [1.807, 2.05) is 0 Å². The van der Waals surface area contributed by atoms with Gasteiger partial charge in [0.2, 0.25) is 5.78 Å². The molecule has 3 aliphatic heterocycles. The second-order valence-electron chi connectivity index (χ2n) is 6.12. The van der Waals surface area contributed by atoms with Gasteiger partial charge in [0.05, 0.1) is 17.8 Å². The minimum atomic E-state index is -1.85. The second-order valence-corrected chi connectivity index (χ2v) is 6.12. The number of Topliss-reactive ketones (excluding diaryl/α,β-unsaturated/α-hetero) is 1. The van der Waals surface area contributed by atoms with E-state index in [-0.39, 0.29) is 22.9 Å². The maximum Gasteiger partial charge on any atom is 0.316 e. The average molecular weight is 346 g/mol. The maximum absolute atomic E-state index is 13.2. The third kappa shape index (κ3) is 2.24. The number of aldehydes is 1. The third-order valence-corrected chi connectivity index (χ3v) is 4.31. The number of nitrogens with one attached hydrogen (secondary N) is 1. The van der Waals surface area contributed by atoms with Gasteiger partial charge in [-0.25, -0.2) is 9.90 Å². The Morgan fingerprint density at radius 3 is 2.76 bits per heavy atom. The summed E-state index contributed by atoms with van der Waals surface area (Å²) >= 11 is 0. The molecule has 2 fully saturated rings. The highest BCUT2D eigenvalue weighted by molar-refractivity contribution is 6.12. The van der Waals surface area contributed by atoms with Crippen LogP contribution in [0.3, 0.4) is 0 Å². The van der Waals surface area contributed by atoms with Gasteiger partial charge in [0, 0.05) is 25.5 Å². The first kappa shape index (κ1) is 15.7. The lowest BCUT2D eigenvalue weighted by Crippen LogP contribution is -2.62. The Bertz CT molecular complexity index is 836. The third-order valence-electron chi connectivity index (χ3n) is 4.31. The van der Waals surface area contributed by atoms with E-state index in [1.54, 1.807) is 0 Å². The summed E-state index contributed by atoms with van der Waals surface area (Å²) < 4.78 is 10.4. The molecule has 9 nitrogen and oxygen atoms in total. The lowest BCUT2D eigenvalue weighted by molar-refractivity contribution is -0.219. The summed E-state index contributed by atoms with van der Waals surface area (Å²) in [5.74, 6) is -3.87. The van der Waals surface area contributed by atoms with E-state index in [0.29, 0.717) is 18.5 Å². The molecule has 1 aromatic carbocycles. The molecule has 130 valence electrons. The van der Waals surface area contributed by atoms with Crippen LogP contribution in [0.15, 0.2) is 12.1 Å². The van der Waals surface area contributed by atoms with Gasteiger partial charge in [0.1, 0.15) is 18.1 Å². The number of fused-ring (bicyclic) bond motifs is 6. The van der Waals surface area contributed by atoms with Gasteiger partial charge in [0.25, 0.3) is 0 Å². The predicted molar refractivity (Wildman–Crippen MR) is 81.1 cm³/mol. The molecule has 0 saturated carbocycles. The summed E-state index contributed by atoms with van der Waals surface area (Å²) in [7, 11) is 0. The summed E-state index contributed by atoms with van der Waals surface area (Å²) in [5.41, 5.74) is 0.554. The van der Waals surface area contributed by atoms with E-state index in [1.165, 1.54) is 31.0 Å². The molecule has 0 aliphatic carbocycles. The number of hydrogen-bond acceptors (Lipinski definition) is 9. The first-order valence-corrected chi connectivity index (χ1v) is 7.64. The number of benzene rings is 1. The Kier molecular flexibility index (Phi) is 3.21. The molecule has 3 heterocycles. The van der Waals surface area contributed by atoms with Gasteiger partial charge in [0.15, 0.2) is 0 Å². The van der Waals surface area contributed by atoms with Crippen molar-refractivity contribution >= 4 is 29.7 Å². The van der Waals surface area contributed by atoms with Crippen molar-refractivity contribution in [2.45, 2.75) is 31.7 Å². The largest absolute Gasteiger partial charge is 0.426 e. The van der Waals surface area contributed by atoms with Crippen LogP contribution in [0.2, 0.25) is 0 Å². The fourth-order valence-electron chi connectivity index (χ4n) is 3.34. The number of carbonyl (C=O) groups excluding carboxylic acids is 4. The van der Waals surface area contributed by atoms with Gasteiger partial charge in [-0.2, -0.15) is 0 Å². The summed E-state index contributed by atoms with van der Waals surface area (Å²) in [6.07, 6.45) is 0.577. The number of ketones is 1. The fraction of sp³-hybridized carbons (Fsp3) is 0.375. The van der Waals surface area contributed by atoms with Crippen molar-refractivity contribution in [2.75, 3.05) is 11.6 Å². The van der Waals surface area contributed by atoms with Gasteiger partial charge in [-0.1, -0.05) is 0 Å². The van der Waals surface area contributed by atoms with Crippen molar-refractivity contribution in [3.05, 3.63) is 23.3 Å². The van der Waals surface area contributed by atoms with Crippen LogP contribution < -0.4 is 15.1 Å². The number of nitrogens with zero attached hydrogens (tertiary/aromatic N) is 1. The van der Waals surface area contributed by atoms with Crippen LogP contribution in [0.1, 0.15) is 34.6 Å². The summed E-state index contributed by atoms with van der Waals surface area (Å²) in [5, 5.41) is 4.45. The predicted octanol–water partition coefficient (Wildman–Crippen LogP) is -0.0279. The van der Waals surface area contributed by atoms with Gasteiger partial charge < -0.3 is 9.47 Å². The minimum Gasteiger partial charge on any atom is -0.426 e. The van der Waals surface area contributed by atoms with E-state index in [4.69, 9.17) is 14.3 Å². The molecule has 3 atom stereocenters. The van der Waals surface area contributed by atoms with Crippen LogP contribution in [-0.4, -0.2) is 48.4 Å². The molecular formula is C16H14N2O7. The number of ether oxygens (including phenoxy) is 2. The van der Waals surface area contributed by atoms with Crippen molar-refractivity contribution in [1.82, 2.24) is 5.32 Å². The van der Waals surface area contributed by atoms with Gasteiger partial charge in [-0.05, 0) is 12.1 Å². The van der Waals surface area contributed by atoms with Gasteiger partial charge >= 0.3 is 17.7 Å². The molecule has 1 N–H and O–H groups in total. The normalized spacial score (nSPS) is 28.6. The molecular weight excluding hydrogens is 332 g/mol. The van der Waals surface area contributed by atoms with E-state index in [0.717, 1.165) is 0 Å². The van der Waals surface area contributed by atoms with E-state index >= 15 is 0 Å². The number of hydrogen-bond donors (Lipinski definition) is 1. The zero-order chi connectivity index (χ0) is 17.9. The van der Waals surface area contributed by atoms with Crippen molar-refractivity contribution in [2.24, 2.45) is 0 Å². The molecule has 3 unspecified atom stereocenters.